The summed E-state index contributed by atoms with van der Waals surface area (Å²) in [6, 6.07) is 10.1. The average molecular weight is 517 g/mol. The number of halogens is 1. The van der Waals surface area contributed by atoms with E-state index in [1.165, 1.54) is 0 Å². The molecular formula is C19H28IN5O2S. The third-order valence-corrected chi connectivity index (χ3v) is 6.46. The third kappa shape index (κ3) is 6.20. The molecule has 1 aliphatic heterocycles. The van der Waals surface area contributed by atoms with Gasteiger partial charge in [-0.25, -0.2) is 13.4 Å². The Morgan fingerprint density at radius 2 is 2.11 bits per heavy atom. The molecule has 0 bridgehead atoms. The maximum atomic E-state index is 11.6. The van der Waals surface area contributed by atoms with Crippen LogP contribution in [0.15, 0.2) is 41.5 Å². The predicted octanol–water partition coefficient (Wildman–Crippen LogP) is 2.53. The fraction of sp³-hybridized carbons (Fsp3) is 0.474. The van der Waals surface area contributed by atoms with Crippen LogP contribution in [0.25, 0.3) is 11.3 Å². The van der Waals surface area contributed by atoms with Gasteiger partial charge in [-0.2, -0.15) is 0 Å². The molecule has 1 unspecified atom stereocenters. The van der Waals surface area contributed by atoms with Crippen LogP contribution >= 0.6 is 24.0 Å². The van der Waals surface area contributed by atoms with Crippen LogP contribution in [0.5, 0.6) is 0 Å². The SMILES string of the molecule is CCNC(=NCC1CCS(=O)(=O)C1)N(C)Cc1ncc(-c2ccccc2)[nH]1.I. The van der Waals surface area contributed by atoms with Crippen molar-refractivity contribution in [2.75, 3.05) is 31.6 Å². The minimum absolute atomic E-state index is 0. The number of hydrogen-bond acceptors (Lipinski definition) is 4. The Labute approximate surface area is 184 Å². The average Bonchev–Trinajstić information content (AvgIpc) is 3.25. The van der Waals surface area contributed by atoms with Crippen LogP contribution in [0.1, 0.15) is 19.2 Å². The van der Waals surface area contributed by atoms with Gasteiger partial charge in [0.2, 0.25) is 0 Å². The van der Waals surface area contributed by atoms with Crippen molar-refractivity contribution >= 4 is 39.8 Å². The van der Waals surface area contributed by atoms with E-state index in [9.17, 15) is 8.42 Å². The van der Waals surface area contributed by atoms with Gasteiger partial charge in [0.1, 0.15) is 5.82 Å². The topological polar surface area (TPSA) is 90.4 Å². The van der Waals surface area contributed by atoms with E-state index < -0.39 is 9.84 Å². The molecule has 1 atom stereocenters. The van der Waals surface area contributed by atoms with Crippen molar-refractivity contribution in [3.63, 3.8) is 0 Å². The van der Waals surface area contributed by atoms with E-state index >= 15 is 0 Å². The van der Waals surface area contributed by atoms with Crippen molar-refractivity contribution in [1.29, 1.82) is 0 Å². The lowest BCUT2D eigenvalue weighted by atomic mass is 10.1. The van der Waals surface area contributed by atoms with Crippen LogP contribution in [0, 0.1) is 5.92 Å². The summed E-state index contributed by atoms with van der Waals surface area (Å²) in [6.07, 6.45) is 2.54. The van der Waals surface area contributed by atoms with E-state index in [0.29, 0.717) is 19.5 Å². The first-order valence-corrected chi connectivity index (χ1v) is 11.1. The zero-order valence-corrected chi connectivity index (χ0v) is 19.4. The van der Waals surface area contributed by atoms with Gasteiger partial charge in [-0.15, -0.1) is 24.0 Å². The lowest BCUT2D eigenvalue weighted by Gasteiger charge is -2.21. The summed E-state index contributed by atoms with van der Waals surface area (Å²) in [7, 11) is -0.910. The van der Waals surface area contributed by atoms with Crippen LogP contribution in [-0.2, 0) is 16.4 Å². The Morgan fingerprint density at radius 3 is 2.75 bits per heavy atom. The van der Waals surface area contributed by atoms with E-state index in [-0.39, 0.29) is 41.4 Å². The standard InChI is InChI=1S/C19H27N5O2S.HI/c1-3-20-19(22-11-15-9-10-27(25,26)14-15)24(2)13-18-21-12-17(23-18)16-7-5-4-6-8-16;/h4-8,12,15H,3,9-11,13-14H2,1-2H3,(H,20,22)(H,21,23);1H. The summed E-state index contributed by atoms with van der Waals surface area (Å²) in [4.78, 5) is 14.5. The molecular weight excluding hydrogens is 489 g/mol. The number of rotatable bonds is 6. The highest BCUT2D eigenvalue weighted by molar-refractivity contribution is 14.0. The molecule has 0 spiro atoms. The maximum Gasteiger partial charge on any atom is 0.194 e. The van der Waals surface area contributed by atoms with Gasteiger partial charge in [0, 0.05) is 20.1 Å². The van der Waals surface area contributed by atoms with E-state index in [0.717, 1.165) is 29.6 Å². The molecule has 1 fully saturated rings. The predicted molar refractivity (Wildman–Crippen MR) is 124 cm³/mol. The van der Waals surface area contributed by atoms with Crippen molar-refractivity contribution < 1.29 is 8.42 Å². The first kappa shape index (κ1) is 22.7. The summed E-state index contributed by atoms with van der Waals surface area (Å²) in [5.74, 6) is 2.27. The molecule has 1 aliphatic rings. The minimum Gasteiger partial charge on any atom is -0.357 e. The fourth-order valence-corrected chi connectivity index (χ4v) is 5.06. The largest absolute Gasteiger partial charge is 0.357 e. The number of nitrogens with zero attached hydrogens (tertiary/aromatic N) is 3. The lowest BCUT2D eigenvalue weighted by Crippen LogP contribution is -2.39. The summed E-state index contributed by atoms with van der Waals surface area (Å²) in [6.45, 7) is 3.88. The number of aromatic amines is 1. The number of aliphatic imine (C=N–C) groups is 1. The van der Waals surface area contributed by atoms with E-state index in [2.05, 4.69) is 20.3 Å². The van der Waals surface area contributed by atoms with Crippen molar-refractivity contribution in [3.05, 3.63) is 42.4 Å². The molecule has 1 aromatic heterocycles. The van der Waals surface area contributed by atoms with Gasteiger partial charge in [0.15, 0.2) is 15.8 Å². The molecule has 154 valence electrons. The molecule has 9 heteroatoms. The summed E-state index contributed by atoms with van der Waals surface area (Å²) < 4.78 is 23.2. The molecule has 2 N–H and O–H groups in total. The van der Waals surface area contributed by atoms with Gasteiger partial charge < -0.3 is 15.2 Å². The Balaban J connectivity index is 0.00000280. The highest BCUT2D eigenvalue weighted by Gasteiger charge is 2.27. The number of benzene rings is 1. The van der Waals surface area contributed by atoms with Crippen molar-refractivity contribution in [3.8, 4) is 11.3 Å². The van der Waals surface area contributed by atoms with Crippen molar-refractivity contribution in [2.24, 2.45) is 10.9 Å². The van der Waals surface area contributed by atoms with Gasteiger partial charge >= 0.3 is 0 Å². The molecule has 1 aromatic carbocycles. The quantitative estimate of drug-likeness (QED) is 0.349. The van der Waals surface area contributed by atoms with Crippen LogP contribution in [0.2, 0.25) is 0 Å². The van der Waals surface area contributed by atoms with Crippen LogP contribution in [-0.4, -0.2) is 60.9 Å². The third-order valence-electron chi connectivity index (χ3n) is 4.62. The number of nitrogens with one attached hydrogen (secondary N) is 2. The smallest absolute Gasteiger partial charge is 0.194 e. The number of sulfone groups is 1. The van der Waals surface area contributed by atoms with Gasteiger partial charge in [-0.05, 0) is 24.8 Å². The molecule has 2 heterocycles. The Bertz CT molecular complexity index is 883. The lowest BCUT2D eigenvalue weighted by molar-refractivity contribution is 0.460. The molecule has 0 amide bonds. The van der Waals surface area contributed by atoms with Gasteiger partial charge in [0.05, 0.1) is 29.9 Å². The number of hydrogen-bond donors (Lipinski definition) is 2. The van der Waals surface area contributed by atoms with Gasteiger partial charge in [0.25, 0.3) is 0 Å². The summed E-state index contributed by atoms with van der Waals surface area (Å²) >= 11 is 0. The maximum absolute atomic E-state index is 11.6. The molecule has 1 saturated heterocycles. The number of H-pyrrole nitrogens is 1. The van der Waals surface area contributed by atoms with E-state index in [1.807, 2.05) is 55.4 Å². The second-order valence-electron chi connectivity index (χ2n) is 6.93. The van der Waals surface area contributed by atoms with Crippen LogP contribution in [0.4, 0.5) is 0 Å². The van der Waals surface area contributed by atoms with Crippen molar-refractivity contribution in [1.82, 2.24) is 20.2 Å². The molecule has 0 aliphatic carbocycles. The Kier molecular flexibility index (Phi) is 8.29. The van der Waals surface area contributed by atoms with E-state index in [4.69, 9.17) is 0 Å². The molecule has 7 nitrogen and oxygen atoms in total. The second kappa shape index (κ2) is 10.2. The first-order chi connectivity index (χ1) is 13.0. The zero-order valence-electron chi connectivity index (χ0n) is 16.3. The molecule has 3 rings (SSSR count). The highest BCUT2D eigenvalue weighted by Crippen LogP contribution is 2.19. The fourth-order valence-electron chi connectivity index (χ4n) is 3.21. The molecule has 0 radical (unpaired) electrons. The monoisotopic (exact) mass is 517 g/mol. The highest BCUT2D eigenvalue weighted by atomic mass is 127. The van der Waals surface area contributed by atoms with Gasteiger partial charge in [-0.1, -0.05) is 30.3 Å². The first-order valence-electron chi connectivity index (χ1n) is 9.26. The van der Waals surface area contributed by atoms with E-state index in [1.54, 1.807) is 0 Å². The molecule has 28 heavy (non-hydrogen) atoms. The molecule has 0 saturated carbocycles. The van der Waals surface area contributed by atoms with Gasteiger partial charge in [-0.3, -0.25) is 4.99 Å². The number of aromatic nitrogens is 2. The second-order valence-corrected chi connectivity index (χ2v) is 9.16. The number of guanidine groups is 1. The van der Waals surface area contributed by atoms with Crippen molar-refractivity contribution in [2.45, 2.75) is 19.9 Å². The van der Waals surface area contributed by atoms with Crippen LogP contribution < -0.4 is 5.32 Å². The Morgan fingerprint density at radius 1 is 1.36 bits per heavy atom. The van der Waals surface area contributed by atoms with Crippen LogP contribution in [0.3, 0.4) is 0 Å². The zero-order chi connectivity index (χ0) is 19.3. The molecule has 2 aromatic rings. The Hall–Kier alpha value is -1.62. The summed E-state index contributed by atoms with van der Waals surface area (Å²) in [5, 5.41) is 3.27. The number of imidazole rings is 1. The minimum atomic E-state index is -2.87. The summed E-state index contributed by atoms with van der Waals surface area (Å²) in [5.41, 5.74) is 2.08. The normalized spacial score (nSPS) is 18.5.